The zero-order chi connectivity index (χ0) is 15.2. The number of rotatable bonds is 6. The van der Waals surface area contributed by atoms with Gasteiger partial charge in [-0.3, -0.25) is 9.59 Å². The van der Waals surface area contributed by atoms with E-state index in [2.05, 4.69) is 0 Å². The van der Waals surface area contributed by atoms with Crippen LogP contribution in [0.4, 0.5) is 18.0 Å². The Morgan fingerprint density at radius 2 is 1.42 bits per heavy atom. The lowest BCUT2D eigenvalue weighted by Crippen LogP contribution is -2.49. The van der Waals surface area contributed by atoms with Crippen LogP contribution in [0.5, 0.6) is 0 Å². The van der Waals surface area contributed by atoms with Gasteiger partial charge in [0.2, 0.25) is 0 Å². The predicted octanol–water partition coefficient (Wildman–Crippen LogP) is 0.462. The number of hydrogen-bond acceptors (Lipinski definition) is 3. The number of alkyl halides is 3. The molecule has 0 unspecified atom stereocenters. The van der Waals surface area contributed by atoms with E-state index >= 15 is 0 Å². The number of nitrogens with zero attached hydrogens (tertiary/aromatic N) is 2. The van der Waals surface area contributed by atoms with Crippen molar-refractivity contribution in [1.82, 2.24) is 9.80 Å². The standard InChI is InChI=1S/C9H13F3N2O5/c1-2-13(5-9(10,11)12)8(19)14(3-6(15)16)4-7(17)18/h2-5H2,1H3,(H,15,16)(H,17,18). The topological polar surface area (TPSA) is 98.2 Å². The Hall–Kier alpha value is -2.00. The normalized spacial score (nSPS) is 10.9. The first kappa shape index (κ1) is 17.0. The van der Waals surface area contributed by atoms with Gasteiger partial charge < -0.3 is 20.0 Å². The Bertz CT molecular complexity index is 342. The Kier molecular flexibility index (Phi) is 6.09. The summed E-state index contributed by atoms with van der Waals surface area (Å²) in [7, 11) is 0. The molecule has 0 radical (unpaired) electrons. The third kappa shape index (κ3) is 7.11. The van der Waals surface area contributed by atoms with Gasteiger partial charge >= 0.3 is 24.1 Å². The van der Waals surface area contributed by atoms with Crippen LogP contribution >= 0.6 is 0 Å². The van der Waals surface area contributed by atoms with Crippen molar-refractivity contribution in [3.05, 3.63) is 0 Å². The predicted molar refractivity (Wildman–Crippen MR) is 55.5 cm³/mol. The molecule has 0 atom stereocenters. The maximum Gasteiger partial charge on any atom is 0.406 e. The molecule has 19 heavy (non-hydrogen) atoms. The van der Waals surface area contributed by atoms with Crippen molar-refractivity contribution in [1.29, 1.82) is 0 Å². The number of aliphatic carboxylic acids is 2. The van der Waals surface area contributed by atoms with Crippen molar-refractivity contribution in [2.45, 2.75) is 13.1 Å². The molecule has 0 rings (SSSR count). The first-order chi connectivity index (χ1) is 8.56. The molecule has 10 heteroatoms. The number of amides is 2. The molecular formula is C9H13F3N2O5. The van der Waals surface area contributed by atoms with Crippen LogP contribution in [-0.2, 0) is 9.59 Å². The van der Waals surface area contributed by atoms with Crippen LogP contribution in [-0.4, -0.2) is 70.3 Å². The van der Waals surface area contributed by atoms with Gasteiger partial charge in [-0.05, 0) is 6.92 Å². The van der Waals surface area contributed by atoms with E-state index in [1.807, 2.05) is 0 Å². The quantitative estimate of drug-likeness (QED) is 0.739. The van der Waals surface area contributed by atoms with E-state index in [0.717, 1.165) is 0 Å². The monoisotopic (exact) mass is 286 g/mol. The summed E-state index contributed by atoms with van der Waals surface area (Å²) < 4.78 is 36.6. The maximum absolute atomic E-state index is 12.2. The number of halogens is 3. The van der Waals surface area contributed by atoms with Crippen molar-refractivity contribution in [2.75, 3.05) is 26.2 Å². The highest BCUT2D eigenvalue weighted by molar-refractivity contribution is 5.84. The van der Waals surface area contributed by atoms with Crippen LogP contribution in [0.15, 0.2) is 0 Å². The van der Waals surface area contributed by atoms with Crippen LogP contribution in [0.2, 0.25) is 0 Å². The maximum atomic E-state index is 12.2. The molecule has 0 saturated heterocycles. The molecule has 0 aromatic heterocycles. The van der Waals surface area contributed by atoms with Crippen LogP contribution < -0.4 is 0 Å². The second-order valence-corrected chi connectivity index (χ2v) is 3.56. The summed E-state index contributed by atoms with van der Waals surface area (Å²) in [5.74, 6) is -3.03. The summed E-state index contributed by atoms with van der Waals surface area (Å²) in [4.78, 5) is 33.2. The molecule has 0 aliphatic carbocycles. The van der Waals surface area contributed by atoms with Gasteiger partial charge in [0.1, 0.15) is 19.6 Å². The molecule has 0 aliphatic heterocycles. The molecule has 0 aromatic rings. The van der Waals surface area contributed by atoms with E-state index < -0.39 is 43.8 Å². The largest absolute Gasteiger partial charge is 0.480 e. The fraction of sp³-hybridized carbons (Fsp3) is 0.667. The fourth-order valence-electron chi connectivity index (χ4n) is 1.25. The molecule has 110 valence electrons. The molecule has 0 spiro atoms. The van der Waals surface area contributed by atoms with E-state index in [9.17, 15) is 27.6 Å². The summed E-state index contributed by atoms with van der Waals surface area (Å²) in [5.41, 5.74) is 0. The third-order valence-corrected chi connectivity index (χ3v) is 1.95. The third-order valence-electron chi connectivity index (χ3n) is 1.95. The lowest BCUT2D eigenvalue weighted by Gasteiger charge is -2.28. The summed E-state index contributed by atoms with van der Waals surface area (Å²) in [5, 5.41) is 17.0. The number of carbonyl (C=O) groups is 3. The van der Waals surface area contributed by atoms with E-state index in [1.165, 1.54) is 6.92 Å². The average molecular weight is 286 g/mol. The molecule has 0 saturated carbocycles. The van der Waals surface area contributed by atoms with E-state index in [1.54, 1.807) is 0 Å². The second kappa shape index (κ2) is 6.81. The van der Waals surface area contributed by atoms with Crippen LogP contribution in [0.3, 0.4) is 0 Å². The highest BCUT2D eigenvalue weighted by Gasteiger charge is 2.34. The fourth-order valence-corrected chi connectivity index (χ4v) is 1.25. The lowest BCUT2D eigenvalue weighted by molar-refractivity contribution is -0.143. The molecule has 2 amide bonds. The minimum atomic E-state index is -4.65. The van der Waals surface area contributed by atoms with Gasteiger partial charge in [0.25, 0.3) is 0 Å². The number of hydrogen-bond donors (Lipinski definition) is 2. The summed E-state index contributed by atoms with van der Waals surface area (Å²) in [6.45, 7) is -2.60. The molecule has 2 N–H and O–H groups in total. The van der Waals surface area contributed by atoms with Crippen LogP contribution in [0.25, 0.3) is 0 Å². The van der Waals surface area contributed by atoms with Gasteiger partial charge in [0, 0.05) is 6.54 Å². The molecule has 0 aromatic carbocycles. The Morgan fingerprint density at radius 3 is 1.68 bits per heavy atom. The minimum absolute atomic E-state index is 0.319. The number of carboxylic acids is 2. The lowest BCUT2D eigenvalue weighted by atomic mass is 10.4. The number of carbonyl (C=O) groups excluding carboxylic acids is 1. The van der Waals surface area contributed by atoms with Gasteiger partial charge in [0.05, 0.1) is 0 Å². The van der Waals surface area contributed by atoms with Crippen LogP contribution in [0, 0.1) is 0 Å². The molecule has 7 nitrogen and oxygen atoms in total. The molecule has 0 bridgehead atoms. The molecule has 0 aliphatic rings. The summed E-state index contributed by atoms with van der Waals surface area (Å²) in [6, 6.07) is -1.29. The van der Waals surface area contributed by atoms with Crippen molar-refractivity contribution < 1.29 is 37.8 Å². The minimum Gasteiger partial charge on any atom is -0.480 e. The van der Waals surface area contributed by atoms with Crippen molar-refractivity contribution in [3.63, 3.8) is 0 Å². The first-order valence-corrected chi connectivity index (χ1v) is 5.11. The Labute approximate surface area is 106 Å². The smallest absolute Gasteiger partial charge is 0.406 e. The van der Waals surface area contributed by atoms with Gasteiger partial charge in [-0.15, -0.1) is 0 Å². The van der Waals surface area contributed by atoms with Crippen molar-refractivity contribution in [2.24, 2.45) is 0 Å². The molecule has 0 heterocycles. The Balaban J connectivity index is 4.92. The molecular weight excluding hydrogens is 273 g/mol. The second-order valence-electron chi connectivity index (χ2n) is 3.56. The van der Waals surface area contributed by atoms with Gasteiger partial charge in [0.15, 0.2) is 0 Å². The first-order valence-electron chi connectivity index (χ1n) is 5.11. The number of urea groups is 1. The van der Waals surface area contributed by atoms with E-state index in [0.29, 0.717) is 9.80 Å². The van der Waals surface area contributed by atoms with E-state index in [4.69, 9.17) is 10.2 Å². The van der Waals surface area contributed by atoms with Gasteiger partial charge in [-0.25, -0.2) is 4.79 Å². The summed E-state index contributed by atoms with van der Waals surface area (Å²) in [6.07, 6.45) is -4.65. The van der Waals surface area contributed by atoms with Gasteiger partial charge in [-0.2, -0.15) is 13.2 Å². The van der Waals surface area contributed by atoms with E-state index in [-0.39, 0.29) is 6.54 Å². The average Bonchev–Trinajstić information content (AvgIpc) is 2.21. The Morgan fingerprint density at radius 1 is 1.00 bits per heavy atom. The zero-order valence-corrected chi connectivity index (χ0v) is 9.98. The number of carboxylic acid groups (broad SMARTS) is 2. The SMILES string of the molecule is CCN(CC(F)(F)F)C(=O)N(CC(=O)O)CC(=O)O. The van der Waals surface area contributed by atoms with Gasteiger partial charge in [-0.1, -0.05) is 0 Å². The molecule has 0 fully saturated rings. The highest BCUT2D eigenvalue weighted by atomic mass is 19.4. The zero-order valence-electron chi connectivity index (χ0n) is 9.98. The van der Waals surface area contributed by atoms with Crippen molar-refractivity contribution in [3.8, 4) is 0 Å². The summed E-state index contributed by atoms with van der Waals surface area (Å²) >= 11 is 0. The van der Waals surface area contributed by atoms with Crippen molar-refractivity contribution >= 4 is 18.0 Å². The van der Waals surface area contributed by atoms with Crippen LogP contribution in [0.1, 0.15) is 6.92 Å². The highest BCUT2D eigenvalue weighted by Crippen LogP contribution is 2.17.